The Morgan fingerprint density at radius 2 is 0.722 bits per heavy atom. The molecule has 0 aliphatic heterocycles. The molecule has 0 aromatic heterocycles. The fourth-order valence-electron chi connectivity index (χ4n) is 8.35. The number of carbonyl (C=O) groups is 3. The average molecular weight is 1100 g/mol. The van der Waals surface area contributed by atoms with E-state index in [0.717, 1.165) is 109 Å². The molecule has 0 bridgehead atoms. The molecule has 0 aliphatic carbocycles. The van der Waals surface area contributed by atoms with E-state index >= 15 is 0 Å². The summed E-state index contributed by atoms with van der Waals surface area (Å²) in [6.07, 6.45) is 81.1. The highest BCUT2D eigenvalue weighted by Crippen LogP contribution is 2.15. The van der Waals surface area contributed by atoms with Crippen LogP contribution in [0.1, 0.15) is 245 Å². The number of carboxylic acids is 1. The summed E-state index contributed by atoms with van der Waals surface area (Å²) < 4.78 is 22.7. The molecule has 0 spiro atoms. The maximum absolute atomic E-state index is 12.9. The van der Waals surface area contributed by atoms with Crippen molar-refractivity contribution in [2.75, 3.05) is 47.5 Å². The molecule has 0 rings (SSSR count). The van der Waals surface area contributed by atoms with Gasteiger partial charge in [-0.1, -0.05) is 245 Å². The lowest BCUT2D eigenvalue weighted by atomic mass is 10.0. The highest BCUT2D eigenvalue weighted by Gasteiger charge is 2.22. The van der Waals surface area contributed by atoms with Crippen LogP contribution in [0.5, 0.6) is 0 Å². The molecule has 79 heavy (non-hydrogen) atoms. The lowest BCUT2D eigenvalue weighted by Gasteiger charge is -2.26. The molecule has 0 saturated heterocycles. The predicted molar refractivity (Wildman–Crippen MR) is 333 cm³/mol. The van der Waals surface area contributed by atoms with Gasteiger partial charge >= 0.3 is 11.9 Å². The summed E-state index contributed by atoms with van der Waals surface area (Å²) >= 11 is 0. The van der Waals surface area contributed by atoms with Crippen LogP contribution in [0.2, 0.25) is 0 Å². The minimum Gasteiger partial charge on any atom is -0.545 e. The van der Waals surface area contributed by atoms with Gasteiger partial charge in [0, 0.05) is 12.8 Å². The summed E-state index contributed by atoms with van der Waals surface area (Å²) in [5.74, 6) is -2.30. The maximum atomic E-state index is 12.9. The summed E-state index contributed by atoms with van der Waals surface area (Å²) in [6, 6.07) is 0. The Kier molecular flexibility index (Phi) is 56.5. The highest BCUT2D eigenvalue weighted by molar-refractivity contribution is 5.70. The molecular weight excluding hydrogens is 983 g/mol. The van der Waals surface area contributed by atoms with Gasteiger partial charge in [0.15, 0.2) is 12.4 Å². The van der Waals surface area contributed by atoms with Crippen molar-refractivity contribution in [3.8, 4) is 0 Å². The van der Waals surface area contributed by atoms with Gasteiger partial charge < -0.3 is 33.3 Å². The molecule has 450 valence electrons. The van der Waals surface area contributed by atoms with Gasteiger partial charge in [0.2, 0.25) is 0 Å². The quantitative estimate of drug-likeness (QED) is 0.0195. The molecule has 0 amide bonds. The zero-order valence-electron chi connectivity index (χ0n) is 51.2. The lowest BCUT2D eigenvalue weighted by molar-refractivity contribution is -0.870. The molecule has 0 saturated carbocycles. The monoisotopic (exact) mass is 1100 g/mol. The van der Waals surface area contributed by atoms with Gasteiger partial charge in [0.25, 0.3) is 0 Å². The van der Waals surface area contributed by atoms with Crippen LogP contribution in [0.15, 0.2) is 122 Å². The maximum Gasteiger partial charge on any atom is 0.306 e. The Balaban J connectivity index is 4.16. The van der Waals surface area contributed by atoms with Crippen LogP contribution >= 0.6 is 0 Å². The van der Waals surface area contributed by atoms with Crippen LogP contribution in [0.4, 0.5) is 0 Å². The van der Waals surface area contributed by atoms with Crippen LogP contribution in [0.3, 0.4) is 0 Å². The van der Waals surface area contributed by atoms with Crippen molar-refractivity contribution in [3.63, 3.8) is 0 Å². The lowest BCUT2D eigenvalue weighted by Crippen LogP contribution is -2.44. The molecule has 0 aromatic carbocycles. The van der Waals surface area contributed by atoms with Gasteiger partial charge in [-0.15, -0.1) is 0 Å². The Labute approximate surface area is 485 Å². The molecule has 0 radical (unpaired) electrons. The van der Waals surface area contributed by atoms with Gasteiger partial charge in [-0.25, -0.2) is 0 Å². The van der Waals surface area contributed by atoms with E-state index in [1.165, 1.54) is 103 Å². The third-order valence-electron chi connectivity index (χ3n) is 13.2. The van der Waals surface area contributed by atoms with Crippen LogP contribution in [0, 0.1) is 0 Å². The topological polar surface area (TPSA) is 111 Å². The normalized spacial score (nSPS) is 13.6. The zero-order valence-corrected chi connectivity index (χ0v) is 51.2. The second-order valence-electron chi connectivity index (χ2n) is 22.0. The van der Waals surface area contributed by atoms with Crippen molar-refractivity contribution in [1.82, 2.24) is 0 Å². The predicted octanol–water partition coefficient (Wildman–Crippen LogP) is 17.9. The smallest absolute Gasteiger partial charge is 0.306 e. The second kappa shape index (κ2) is 59.8. The number of nitrogens with zero attached hydrogens (tertiary/aromatic N) is 1. The molecular formula is C70H117NO8. The van der Waals surface area contributed by atoms with E-state index in [9.17, 15) is 19.5 Å². The van der Waals surface area contributed by atoms with Crippen molar-refractivity contribution >= 4 is 17.9 Å². The van der Waals surface area contributed by atoms with E-state index in [1.54, 1.807) is 0 Å². The van der Waals surface area contributed by atoms with E-state index in [2.05, 4.69) is 135 Å². The molecule has 0 aliphatic rings. The van der Waals surface area contributed by atoms with Gasteiger partial charge in [0.1, 0.15) is 13.2 Å². The molecule has 2 unspecified atom stereocenters. The van der Waals surface area contributed by atoms with E-state index in [1.807, 2.05) is 21.1 Å². The SMILES string of the molecule is CC/C=C\C/C=C\C/C=C\C/C=C\C/C=C\C/C=C\C/C=C\C/C=C\CCCCCCCCCCCCCCC(=O)OC(COC(=O)CCCCCCCCC/C=C\C/C=C\CCCCC)COC(OCC[N+](C)(C)C)C(=O)[O-]. The van der Waals surface area contributed by atoms with Crippen molar-refractivity contribution in [2.45, 2.75) is 257 Å². The molecule has 0 heterocycles. The van der Waals surface area contributed by atoms with Gasteiger partial charge in [-0.3, -0.25) is 9.59 Å². The Morgan fingerprint density at radius 1 is 0.392 bits per heavy atom. The summed E-state index contributed by atoms with van der Waals surface area (Å²) in [4.78, 5) is 37.3. The summed E-state index contributed by atoms with van der Waals surface area (Å²) in [5.41, 5.74) is 0. The Hall–Kier alpha value is -4.31. The molecule has 0 aromatic rings. The number of carbonyl (C=O) groups excluding carboxylic acids is 3. The summed E-state index contributed by atoms with van der Waals surface area (Å²) in [5, 5.41) is 11.8. The second-order valence-corrected chi connectivity index (χ2v) is 22.0. The first-order valence-corrected chi connectivity index (χ1v) is 31.7. The third kappa shape index (κ3) is 61.2. The molecule has 0 N–H and O–H groups in total. The Morgan fingerprint density at radius 3 is 1.08 bits per heavy atom. The van der Waals surface area contributed by atoms with Crippen LogP contribution in [-0.4, -0.2) is 82.3 Å². The number of esters is 2. The van der Waals surface area contributed by atoms with Crippen molar-refractivity contribution in [3.05, 3.63) is 122 Å². The van der Waals surface area contributed by atoms with E-state index in [0.29, 0.717) is 17.4 Å². The Bertz CT molecular complexity index is 1710. The summed E-state index contributed by atoms with van der Waals surface area (Å²) in [7, 11) is 5.91. The van der Waals surface area contributed by atoms with E-state index in [-0.39, 0.29) is 38.6 Å². The number of unbranched alkanes of at least 4 members (excludes halogenated alkanes) is 22. The number of ether oxygens (including phenoxy) is 4. The van der Waals surface area contributed by atoms with E-state index < -0.39 is 24.3 Å². The molecule has 9 heteroatoms. The van der Waals surface area contributed by atoms with E-state index in [4.69, 9.17) is 18.9 Å². The number of likely N-dealkylation sites (N-methyl/N-ethyl adjacent to an activating group) is 1. The molecule has 0 fully saturated rings. The number of carboxylic acid groups (broad SMARTS) is 1. The fourth-order valence-corrected chi connectivity index (χ4v) is 8.35. The first kappa shape index (κ1) is 74.7. The standard InChI is InChI=1S/C70H117NO8/c1-6-8-10-12-14-16-18-20-22-24-25-26-27-28-29-30-31-32-33-34-35-36-37-38-39-40-41-42-43-45-47-49-51-53-55-57-59-61-68(73)79-66(65-78-70(69(74)75)76-63-62-71(3,4)5)64-77-67(72)60-58-56-54-52-50-48-46-44-23-21-19-17-15-13-11-9-7-2/h8,10,14-17,20-23,25-26,28-29,31-32,34-35,37-38,66,70H,6-7,9,11-13,18-19,24,27,30,33,36,39-65H2,1-5H3/b10-8-,16-14-,17-15-,22-20-,23-21-,26-25-,29-28-,32-31-,35-34-,38-37-. The minimum atomic E-state index is -1.63. The van der Waals surface area contributed by atoms with Gasteiger partial charge in [-0.2, -0.15) is 0 Å². The van der Waals surface area contributed by atoms with Crippen LogP contribution < -0.4 is 5.11 Å². The van der Waals surface area contributed by atoms with Crippen LogP contribution in [-0.2, 0) is 33.3 Å². The van der Waals surface area contributed by atoms with Crippen molar-refractivity contribution in [1.29, 1.82) is 0 Å². The van der Waals surface area contributed by atoms with Gasteiger partial charge in [0.05, 0.1) is 40.3 Å². The van der Waals surface area contributed by atoms with Crippen molar-refractivity contribution in [2.24, 2.45) is 0 Å². The third-order valence-corrected chi connectivity index (χ3v) is 13.2. The fraction of sp³-hybridized carbons (Fsp3) is 0.671. The minimum absolute atomic E-state index is 0.141. The first-order chi connectivity index (χ1) is 38.6. The summed E-state index contributed by atoms with van der Waals surface area (Å²) in [6.45, 7) is 4.59. The average Bonchev–Trinajstić information content (AvgIpc) is 3.42. The number of quaternary nitrogens is 1. The van der Waals surface area contributed by atoms with Crippen LogP contribution in [0.25, 0.3) is 0 Å². The number of rotatable bonds is 57. The zero-order chi connectivity index (χ0) is 57.6. The number of hydrogen-bond donors (Lipinski definition) is 0. The number of allylic oxidation sites excluding steroid dienone is 20. The number of aliphatic carboxylic acids is 1. The molecule has 9 nitrogen and oxygen atoms in total. The van der Waals surface area contributed by atoms with Gasteiger partial charge in [-0.05, 0) is 109 Å². The highest BCUT2D eigenvalue weighted by atomic mass is 16.7. The number of hydrogen-bond acceptors (Lipinski definition) is 8. The molecule has 2 atom stereocenters. The largest absolute Gasteiger partial charge is 0.545 e. The van der Waals surface area contributed by atoms with Crippen molar-refractivity contribution < 1.29 is 42.9 Å². The first-order valence-electron chi connectivity index (χ1n) is 31.7.